The number of hydrogen-bond acceptors (Lipinski definition) is 7. The number of carbonyl (C=O) groups is 2. The van der Waals surface area contributed by atoms with Gasteiger partial charge in [0.25, 0.3) is 11.8 Å². The van der Waals surface area contributed by atoms with Crippen LogP contribution in [-0.4, -0.2) is 90.4 Å². The minimum atomic E-state index is -0.295. The number of piperazine rings is 1. The number of anilines is 1. The fourth-order valence-corrected chi connectivity index (χ4v) is 5.10. The highest BCUT2D eigenvalue weighted by Crippen LogP contribution is 2.25. The van der Waals surface area contributed by atoms with Gasteiger partial charge in [-0.1, -0.05) is 23.2 Å². The molecule has 1 fully saturated rings. The summed E-state index contributed by atoms with van der Waals surface area (Å²) >= 11 is 12.6. The number of nitrogens with one attached hydrogen (secondary N) is 2. The molecule has 0 bridgehead atoms. The Labute approximate surface area is 226 Å². The first-order chi connectivity index (χ1) is 17.9. The van der Waals surface area contributed by atoms with Crippen LogP contribution >= 0.6 is 23.2 Å². The first-order valence-corrected chi connectivity index (χ1v) is 13.1. The minimum Gasteiger partial charge on any atom is -0.336 e. The van der Waals surface area contributed by atoms with Gasteiger partial charge in [-0.3, -0.25) is 24.9 Å². The van der Waals surface area contributed by atoms with Crippen LogP contribution in [0.25, 0.3) is 0 Å². The van der Waals surface area contributed by atoms with E-state index in [9.17, 15) is 9.59 Å². The molecule has 1 saturated heterocycles. The van der Waals surface area contributed by atoms with Crippen molar-refractivity contribution in [3.05, 3.63) is 63.6 Å². The van der Waals surface area contributed by atoms with E-state index >= 15 is 0 Å². The quantitative estimate of drug-likeness (QED) is 0.607. The summed E-state index contributed by atoms with van der Waals surface area (Å²) in [6, 6.07) is 12.3. The van der Waals surface area contributed by atoms with Crippen molar-refractivity contribution in [2.75, 3.05) is 51.6 Å². The van der Waals surface area contributed by atoms with Gasteiger partial charge in [-0.15, -0.1) is 0 Å². The smallest absolute Gasteiger partial charge is 0.271 e. The lowest BCUT2D eigenvalue weighted by molar-refractivity contribution is -0.110. The predicted octanol–water partition coefficient (Wildman–Crippen LogP) is 2.95. The molecular formula is C26H29Cl2N7O2. The summed E-state index contributed by atoms with van der Waals surface area (Å²) in [5.41, 5.74) is 5.49. The van der Waals surface area contributed by atoms with Gasteiger partial charge in [-0.25, -0.2) is 0 Å². The van der Waals surface area contributed by atoms with Gasteiger partial charge in [0.15, 0.2) is 0 Å². The summed E-state index contributed by atoms with van der Waals surface area (Å²) in [6.07, 6.45) is 0.413. The fraction of sp³-hybridized carbons (Fsp3) is 0.385. The molecule has 3 heterocycles. The number of amides is 2. The lowest BCUT2D eigenvalue weighted by Crippen LogP contribution is -2.54. The third-order valence-corrected chi connectivity index (χ3v) is 7.55. The van der Waals surface area contributed by atoms with Gasteiger partial charge >= 0.3 is 0 Å². The van der Waals surface area contributed by atoms with Crippen LogP contribution in [-0.2, 0) is 11.3 Å². The third-order valence-electron chi connectivity index (χ3n) is 6.94. The molecule has 194 valence electrons. The maximum Gasteiger partial charge on any atom is 0.271 e. The molecule has 1 unspecified atom stereocenters. The van der Waals surface area contributed by atoms with Crippen molar-refractivity contribution >= 4 is 52.3 Å². The van der Waals surface area contributed by atoms with E-state index in [1.54, 1.807) is 36.4 Å². The van der Waals surface area contributed by atoms with E-state index in [1.165, 1.54) is 0 Å². The van der Waals surface area contributed by atoms with Crippen LogP contribution in [0.4, 0.5) is 5.69 Å². The normalized spacial score (nSPS) is 20.4. The molecule has 3 aliphatic rings. The summed E-state index contributed by atoms with van der Waals surface area (Å²) in [4.78, 5) is 36.7. The number of benzene rings is 2. The molecule has 2 aromatic carbocycles. The van der Waals surface area contributed by atoms with Gasteiger partial charge in [0, 0.05) is 67.0 Å². The van der Waals surface area contributed by atoms with Crippen molar-refractivity contribution in [1.82, 2.24) is 20.1 Å². The zero-order valence-corrected chi connectivity index (χ0v) is 22.1. The Bertz CT molecular complexity index is 1240. The summed E-state index contributed by atoms with van der Waals surface area (Å²) in [7, 11) is 2.06. The van der Waals surface area contributed by atoms with Crippen LogP contribution in [0.2, 0.25) is 10.0 Å². The highest BCUT2D eigenvalue weighted by molar-refractivity contribution is 6.44. The van der Waals surface area contributed by atoms with Crippen molar-refractivity contribution in [3.63, 3.8) is 0 Å². The Balaban J connectivity index is 1.22. The molecule has 2 amide bonds. The van der Waals surface area contributed by atoms with Gasteiger partial charge in [-0.2, -0.15) is 5.10 Å². The van der Waals surface area contributed by atoms with Crippen molar-refractivity contribution in [1.29, 1.82) is 0 Å². The molecule has 3 aliphatic heterocycles. The molecule has 11 heteroatoms. The largest absolute Gasteiger partial charge is 0.336 e. The molecule has 0 aliphatic carbocycles. The van der Waals surface area contributed by atoms with E-state index in [0.29, 0.717) is 59.6 Å². The number of aliphatic imine (C=N–C) groups is 1. The number of hydrazone groups is 1. The average molecular weight is 542 g/mol. The number of carbonyl (C=O) groups excluding carboxylic acids is 2. The van der Waals surface area contributed by atoms with Crippen LogP contribution < -0.4 is 10.7 Å². The molecule has 9 nitrogen and oxygen atoms in total. The first kappa shape index (κ1) is 25.7. The lowest BCUT2D eigenvalue weighted by atomic mass is 10.0. The Kier molecular flexibility index (Phi) is 7.76. The van der Waals surface area contributed by atoms with E-state index in [1.807, 2.05) is 11.0 Å². The van der Waals surface area contributed by atoms with E-state index in [4.69, 9.17) is 23.2 Å². The van der Waals surface area contributed by atoms with Gasteiger partial charge in [0.2, 0.25) is 0 Å². The second-order valence-corrected chi connectivity index (χ2v) is 10.3. The highest BCUT2D eigenvalue weighted by Gasteiger charge is 2.34. The molecule has 1 atom stereocenters. The van der Waals surface area contributed by atoms with Gasteiger partial charge in [-0.05, 0) is 55.1 Å². The van der Waals surface area contributed by atoms with E-state index < -0.39 is 0 Å². The maximum absolute atomic E-state index is 13.0. The van der Waals surface area contributed by atoms with E-state index in [2.05, 4.69) is 37.7 Å². The van der Waals surface area contributed by atoms with Crippen molar-refractivity contribution in [3.8, 4) is 0 Å². The van der Waals surface area contributed by atoms with Crippen LogP contribution in [0.3, 0.4) is 0 Å². The topological polar surface area (TPSA) is 92.6 Å². The average Bonchev–Trinajstić information content (AvgIpc) is 2.91. The third kappa shape index (κ3) is 5.96. The van der Waals surface area contributed by atoms with Crippen LogP contribution in [0.1, 0.15) is 22.3 Å². The fourth-order valence-electron chi connectivity index (χ4n) is 4.73. The first-order valence-electron chi connectivity index (χ1n) is 12.3. The summed E-state index contributed by atoms with van der Waals surface area (Å²) < 4.78 is 0. The van der Waals surface area contributed by atoms with Gasteiger partial charge in [0.05, 0.1) is 12.6 Å². The van der Waals surface area contributed by atoms with Crippen LogP contribution in [0.15, 0.2) is 52.6 Å². The van der Waals surface area contributed by atoms with E-state index in [0.717, 1.165) is 31.0 Å². The second kappa shape index (κ2) is 11.2. The number of halogens is 2. The molecule has 37 heavy (non-hydrogen) atoms. The minimum absolute atomic E-state index is 0.0100. The number of hydrogen-bond donors (Lipinski definition) is 2. The molecule has 2 N–H and O–H groups in total. The second-order valence-electron chi connectivity index (χ2n) is 9.49. The SMILES string of the molecule is CN1CCN(C(=O)c2ccc(NC(=O)C3=NNC4=NCCN(Cc5cc(Cl)ccc5Cl)C4C3)cc2)CC1. The Morgan fingerprint density at radius 1 is 1.05 bits per heavy atom. The predicted molar refractivity (Wildman–Crippen MR) is 147 cm³/mol. The van der Waals surface area contributed by atoms with Gasteiger partial charge in [0.1, 0.15) is 11.5 Å². The number of likely N-dealkylation sites (N-methyl/N-ethyl adjacent to an activating group) is 1. The monoisotopic (exact) mass is 541 g/mol. The van der Waals surface area contributed by atoms with Crippen molar-refractivity contribution in [2.45, 2.75) is 19.0 Å². The lowest BCUT2D eigenvalue weighted by Gasteiger charge is -2.37. The zero-order chi connectivity index (χ0) is 25.9. The standard InChI is InChI=1S/C26H29Cl2N7O2/c1-33-10-12-34(13-11-33)26(37)17-2-5-20(6-3-17)30-25(36)22-15-23-24(32-31-22)29-8-9-35(23)16-18-14-19(27)4-7-21(18)28/h2-7,14,23H,8-13,15-16H2,1H3,(H,29,32)(H,30,36). The molecule has 0 radical (unpaired) electrons. The summed E-state index contributed by atoms with van der Waals surface area (Å²) in [5, 5.41) is 8.46. The van der Waals surface area contributed by atoms with E-state index in [-0.39, 0.29) is 17.9 Å². The highest BCUT2D eigenvalue weighted by atomic mass is 35.5. The molecule has 0 aromatic heterocycles. The van der Waals surface area contributed by atoms with Gasteiger partial charge < -0.3 is 15.1 Å². The molecule has 5 rings (SSSR count). The molecule has 0 spiro atoms. The maximum atomic E-state index is 13.0. The molecule has 0 saturated carbocycles. The Morgan fingerprint density at radius 2 is 1.81 bits per heavy atom. The number of rotatable bonds is 5. The van der Waals surface area contributed by atoms with Crippen LogP contribution in [0, 0.1) is 0 Å². The number of nitrogens with zero attached hydrogens (tertiary/aromatic N) is 5. The zero-order valence-electron chi connectivity index (χ0n) is 20.6. The number of amidine groups is 1. The molecular weight excluding hydrogens is 513 g/mol. The summed E-state index contributed by atoms with van der Waals surface area (Å²) in [5.74, 6) is 0.458. The van der Waals surface area contributed by atoms with Crippen molar-refractivity contribution < 1.29 is 9.59 Å². The number of fused-ring (bicyclic) bond motifs is 1. The molecule has 2 aromatic rings. The summed E-state index contributed by atoms with van der Waals surface area (Å²) in [6.45, 7) is 5.12. The van der Waals surface area contributed by atoms with Crippen molar-refractivity contribution in [2.24, 2.45) is 10.1 Å². The Morgan fingerprint density at radius 3 is 2.57 bits per heavy atom. The Hall–Kier alpha value is -2.98. The van der Waals surface area contributed by atoms with Crippen LogP contribution in [0.5, 0.6) is 0 Å².